The summed E-state index contributed by atoms with van der Waals surface area (Å²) in [6.45, 7) is 3.07. The van der Waals surface area contributed by atoms with Crippen LogP contribution in [0.2, 0.25) is 0 Å². The predicted molar refractivity (Wildman–Crippen MR) is 111 cm³/mol. The van der Waals surface area contributed by atoms with Gasteiger partial charge in [-0.2, -0.15) is 4.99 Å². The van der Waals surface area contributed by atoms with E-state index >= 15 is 0 Å². The first-order valence-electron chi connectivity index (χ1n) is 9.10. The van der Waals surface area contributed by atoms with Crippen molar-refractivity contribution in [3.63, 3.8) is 0 Å². The Balaban J connectivity index is 2.07. The molecule has 0 aliphatic rings. The van der Waals surface area contributed by atoms with Crippen molar-refractivity contribution < 1.29 is 23.8 Å². The molecule has 152 valence electrons. The molecule has 29 heavy (non-hydrogen) atoms. The number of amides is 1. The van der Waals surface area contributed by atoms with Crippen LogP contribution in [0.4, 0.5) is 0 Å². The lowest BCUT2D eigenvalue weighted by molar-refractivity contribution is 0.0526. The second kappa shape index (κ2) is 9.49. The van der Waals surface area contributed by atoms with Gasteiger partial charge in [-0.15, -0.1) is 0 Å². The van der Waals surface area contributed by atoms with Gasteiger partial charge in [0.15, 0.2) is 4.80 Å². The second-order valence-corrected chi connectivity index (χ2v) is 7.09. The fraction of sp³-hybridized carbons (Fsp3) is 0.286. The minimum atomic E-state index is -0.378. The Bertz CT molecular complexity index is 1100. The highest BCUT2D eigenvalue weighted by Crippen LogP contribution is 2.20. The molecule has 1 amide bonds. The first-order valence-corrected chi connectivity index (χ1v) is 9.91. The number of esters is 1. The van der Waals surface area contributed by atoms with E-state index in [4.69, 9.17) is 14.2 Å². The van der Waals surface area contributed by atoms with Crippen molar-refractivity contribution in [2.24, 2.45) is 4.99 Å². The van der Waals surface area contributed by atoms with E-state index in [1.807, 2.05) is 10.6 Å². The maximum absolute atomic E-state index is 12.7. The topological polar surface area (TPSA) is 79.1 Å². The van der Waals surface area contributed by atoms with Gasteiger partial charge in [0.1, 0.15) is 5.75 Å². The molecule has 0 saturated heterocycles. The standard InChI is InChI=1S/C21H22N2O5S/c1-4-28-20(25)15-8-9-17-18(13-15)29-21(23(17)10-11-26-2)22-19(24)14-6-5-7-16(12-14)27-3/h5-9,12-13H,4,10-11H2,1-3H3. The van der Waals surface area contributed by atoms with Crippen molar-refractivity contribution in [2.75, 3.05) is 27.4 Å². The van der Waals surface area contributed by atoms with E-state index < -0.39 is 0 Å². The highest BCUT2D eigenvalue weighted by atomic mass is 32.1. The van der Waals surface area contributed by atoms with Gasteiger partial charge in [-0.3, -0.25) is 4.79 Å². The average molecular weight is 414 g/mol. The molecular formula is C21H22N2O5S. The molecule has 2 aromatic carbocycles. The summed E-state index contributed by atoms with van der Waals surface area (Å²) in [5.41, 5.74) is 1.77. The number of thiazole rings is 1. The van der Waals surface area contributed by atoms with Gasteiger partial charge in [-0.05, 0) is 43.3 Å². The van der Waals surface area contributed by atoms with Crippen LogP contribution in [-0.2, 0) is 16.0 Å². The summed E-state index contributed by atoms with van der Waals surface area (Å²) in [6.07, 6.45) is 0. The van der Waals surface area contributed by atoms with Crippen molar-refractivity contribution in [1.29, 1.82) is 0 Å². The Kier molecular flexibility index (Phi) is 6.79. The molecule has 1 heterocycles. The number of fused-ring (bicyclic) bond motifs is 1. The van der Waals surface area contributed by atoms with Crippen LogP contribution in [0, 0.1) is 0 Å². The summed E-state index contributed by atoms with van der Waals surface area (Å²) < 4.78 is 18.2. The highest BCUT2D eigenvalue weighted by Gasteiger charge is 2.13. The third-order valence-corrected chi connectivity index (χ3v) is 5.27. The molecule has 0 spiro atoms. The summed E-state index contributed by atoms with van der Waals surface area (Å²) in [6, 6.07) is 12.2. The highest BCUT2D eigenvalue weighted by molar-refractivity contribution is 7.16. The van der Waals surface area contributed by atoms with Gasteiger partial charge in [0, 0.05) is 19.2 Å². The molecule has 0 fully saturated rings. The SMILES string of the molecule is CCOC(=O)c1ccc2c(c1)sc(=NC(=O)c1cccc(OC)c1)n2CCOC. The van der Waals surface area contributed by atoms with E-state index in [9.17, 15) is 9.59 Å². The summed E-state index contributed by atoms with van der Waals surface area (Å²) in [7, 11) is 3.17. The minimum Gasteiger partial charge on any atom is -0.497 e. The number of benzene rings is 2. The molecule has 3 rings (SSSR count). The normalized spacial score (nSPS) is 11.6. The van der Waals surface area contributed by atoms with E-state index in [0.29, 0.717) is 41.4 Å². The lowest BCUT2D eigenvalue weighted by Gasteiger charge is -2.05. The van der Waals surface area contributed by atoms with E-state index in [1.54, 1.807) is 57.5 Å². The lowest BCUT2D eigenvalue weighted by atomic mass is 10.2. The van der Waals surface area contributed by atoms with Gasteiger partial charge < -0.3 is 18.8 Å². The molecule has 8 heteroatoms. The van der Waals surface area contributed by atoms with Gasteiger partial charge in [0.2, 0.25) is 0 Å². The van der Waals surface area contributed by atoms with E-state index in [-0.39, 0.29) is 11.9 Å². The molecule has 3 aromatic rings. The molecule has 0 bridgehead atoms. The van der Waals surface area contributed by atoms with Crippen molar-refractivity contribution >= 4 is 33.4 Å². The number of hydrogen-bond donors (Lipinski definition) is 0. The monoisotopic (exact) mass is 414 g/mol. The van der Waals surface area contributed by atoms with E-state index in [1.165, 1.54) is 11.3 Å². The number of carbonyl (C=O) groups excluding carboxylic acids is 2. The average Bonchev–Trinajstić information content (AvgIpc) is 3.08. The fourth-order valence-electron chi connectivity index (χ4n) is 2.81. The van der Waals surface area contributed by atoms with Gasteiger partial charge in [0.25, 0.3) is 5.91 Å². The zero-order valence-corrected chi connectivity index (χ0v) is 17.3. The van der Waals surface area contributed by atoms with Crippen LogP contribution >= 0.6 is 11.3 Å². The van der Waals surface area contributed by atoms with Crippen molar-refractivity contribution in [1.82, 2.24) is 4.57 Å². The summed E-state index contributed by atoms with van der Waals surface area (Å²) in [5.74, 6) is -0.154. The molecule has 0 aliphatic carbocycles. The van der Waals surface area contributed by atoms with Gasteiger partial charge in [-0.25, -0.2) is 4.79 Å². The Morgan fingerprint density at radius 1 is 1.10 bits per heavy atom. The van der Waals surface area contributed by atoms with Crippen LogP contribution in [0.15, 0.2) is 47.5 Å². The Labute approximate surface area is 172 Å². The van der Waals surface area contributed by atoms with Crippen LogP contribution < -0.4 is 9.54 Å². The smallest absolute Gasteiger partial charge is 0.338 e. The van der Waals surface area contributed by atoms with Crippen molar-refractivity contribution in [3.8, 4) is 5.75 Å². The molecule has 0 saturated carbocycles. The van der Waals surface area contributed by atoms with E-state index in [0.717, 1.165) is 10.2 Å². The third-order valence-electron chi connectivity index (χ3n) is 4.23. The van der Waals surface area contributed by atoms with Crippen LogP contribution in [0.25, 0.3) is 10.2 Å². The lowest BCUT2D eigenvalue weighted by Crippen LogP contribution is -2.19. The molecule has 0 aliphatic heterocycles. The van der Waals surface area contributed by atoms with Crippen LogP contribution in [-0.4, -0.2) is 43.9 Å². The first kappa shape index (κ1) is 20.8. The van der Waals surface area contributed by atoms with Crippen molar-refractivity contribution in [2.45, 2.75) is 13.5 Å². The molecule has 0 N–H and O–H groups in total. The zero-order valence-electron chi connectivity index (χ0n) is 16.5. The number of methoxy groups -OCH3 is 2. The van der Waals surface area contributed by atoms with E-state index in [2.05, 4.69) is 4.99 Å². The number of nitrogens with zero attached hydrogens (tertiary/aromatic N) is 2. The number of hydrogen-bond acceptors (Lipinski definition) is 6. The fourth-order valence-corrected chi connectivity index (χ4v) is 3.90. The molecule has 0 unspecified atom stereocenters. The number of ether oxygens (including phenoxy) is 3. The number of carbonyl (C=O) groups is 2. The Morgan fingerprint density at radius 3 is 2.66 bits per heavy atom. The van der Waals surface area contributed by atoms with Crippen LogP contribution in [0.3, 0.4) is 0 Å². The Hall–Kier alpha value is -2.97. The third kappa shape index (κ3) is 4.72. The maximum atomic E-state index is 12.7. The van der Waals surface area contributed by atoms with Crippen LogP contribution in [0.5, 0.6) is 5.75 Å². The molecule has 0 atom stereocenters. The van der Waals surface area contributed by atoms with Crippen LogP contribution in [0.1, 0.15) is 27.6 Å². The summed E-state index contributed by atoms with van der Waals surface area (Å²) in [5, 5.41) is 0. The molecular weight excluding hydrogens is 392 g/mol. The predicted octanol–water partition coefficient (Wildman–Crippen LogP) is 3.28. The zero-order chi connectivity index (χ0) is 20.8. The van der Waals surface area contributed by atoms with Gasteiger partial charge >= 0.3 is 5.97 Å². The quantitative estimate of drug-likeness (QED) is 0.555. The minimum absolute atomic E-state index is 0.310. The number of rotatable bonds is 7. The largest absolute Gasteiger partial charge is 0.497 e. The Morgan fingerprint density at radius 2 is 1.93 bits per heavy atom. The van der Waals surface area contributed by atoms with Gasteiger partial charge in [-0.1, -0.05) is 17.4 Å². The van der Waals surface area contributed by atoms with Gasteiger partial charge in [0.05, 0.1) is 36.1 Å². The summed E-state index contributed by atoms with van der Waals surface area (Å²) >= 11 is 1.34. The van der Waals surface area contributed by atoms with Crippen molar-refractivity contribution in [3.05, 3.63) is 58.4 Å². The summed E-state index contributed by atoms with van der Waals surface area (Å²) in [4.78, 5) is 29.6. The molecule has 7 nitrogen and oxygen atoms in total. The first-order chi connectivity index (χ1) is 14.1. The number of aromatic nitrogens is 1. The second-order valence-electron chi connectivity index (χ2n) is 6.08. The maximum Gasteiger partial charge on any atom is 0.338 e. The molecule has 1 aromatic heterocycles. The molecule has 0 radical (unpaired) electrons.